The normalized spacial score (nSPS) is 15.8. The SMILES string of the molecule is CC(=O)Oc1ccc2c(c1)CCc1ccccc1C2OC(C)=O. The summed E-state index contributed by atoms with van der Waals surface area (Å²) in [6.45, 7) is 2.80. The van der Waals surface area contributed by atoms with Crippen LogP contribution in [0.3, 0.4) is 0 Å². The Balaban J connectivity index is 2.07. The summed E-state index contributed by atoms with van der Waals surface area (Å²) in [6, 6.07) is 13.5. The van der Waals surface area contributed by atoms with E-state index in [4.69, 9.17) is 9.47 Å². The van der Waals surface area contributed by atoms with Gasteiger partial charge in [0.1, 0.15) is 5.75 Å². The monoisotopic (exact) mass is 310 g/mol. The molecular weight excluding hydrogens is 292 g/mol. The lowest BCUT2D eigenvalue weighted by Gasteiger charge is -2.20. The first-order valence-corrected chi connectivity index (χ1v) is 7.61. The fourth-order valence-electron chi connectivity index (χ4n) is 3.03. The minimum Gasteiger partial charge on any atom is -0.453 e. The number of hydrogen-bond acceptors (Lipinski definition) is 4. The number of rotatable bonds is 2. The van der Waals surface area contributed by atoms with Crippen LogP contribution in [0.25, 0.3) is 0 Å². The van der Waals surface area contributed by atoms with Crippen LogP contribution in [-0.2, 0) is 27.2 Å². The Morgan fingerprint density at radius 3 is 2.35 bits per heavy atom. The molecule has 1 aliphatic carbocycles. The van der Waals surface area contributed by atoms with Crippen LogP contribution in [-0.4, -0.2) is 11.9 Å². The predicted octanol–water partition coefficient (Wildman–Crippen LogP) is 3.36. The molecule has 1 aliphatic rings. The Bertz CT molecular complexity index is 764. The van der Waals surface area contributed by atoms with E-state index in [1.807, 2.05) is 30.3 Å². The lowest BCUT2D eigenvalue weighted by Crippen LogP contribution is -2.12. The molecule has 4 nitrogen and oxygen atoms in total. The molecular formula is C19H18O4. The quantitative estimate of drug-likeness (QED) is 0.630. The average Bonchev–Trinajstić information content (AvgIpc) is 2.64. The molecule has 0 aromatic heterocycles. The van der Waals surface area contributed by atoms with Crippen LogP contribution in [0.2, 0.25) is 0 Å². The highest BCUT2D eigenvalue weighted by Crippen LogP contribution is 2.36. The number of fused-ring (bicyclic) bond motifs is 2. The first-order valence-electron chi connectivity index (χ1n) is 7.61. The van der Waals surface area contributed by atoms with Gasteiger partial charge in [0.05, 0.1) is 0 Å². The van der Waals surface area contributed by atoms with Crippen LogP contribution < -0.4 is 4.74 Å². The third kappa shape index (κ3) is 3.26. The van der Waals surface area contributed by atoms with Gasteiger partial charge in [-0.15, -0.1) is 0 Å². The van der Waals surface area contributed by atoms with E-state index in [1.165, 1.54) is 19.4 Å². The molecule has 118 valence electrons. The van der Waals surface area contributed by atoms with Crippen molar-refractivity contribution < 1.29 is 19.1 Å². The van der Waals surface area contributed by atoms with Gasteiger partial charge in [0.25, 0.3) is 0 Å². The van der Waals surface area contributed by atoms with Gasteiger partial charge < -0.3 is 9.47 Å². The van der Waals surface area contributed by atoms with Crippen molar-refractivity contribution in [3.8, 4) is 5.75 Å². The maximum Gasteiger partial charge on any atom is 0.308 e. The second-order valence-corrected chi connectivity index (χ2v) is 5.64. The number of aryl methyl sites for hydroxylation is 2. The maximum absolute atomic E-state index is 11.6. The van der Waals surface area contributed by atoms with Crippen molar-refractivity contribution in [2.24, 2.45) is 0 Å². The van der Waals surface area contributed by atoms with Gasteiger partial charge in [-0.2, -0.15) is 0 Å². The number of hydrogen-bond donors (Lipinski definition) is 0. The van der Waals surface area contributed by atoms with E-state index in [9.17, 15) is 9.59 Å². The van der Waals surface area contributed by atoms with Crippen molar-refractivity contribution in [3.63, 3.8) is 0 Å². The van der Waals surface area contributed by atoms with E-state index < -0.39 is 6.10 Å². The third-order valence-corrected chi connectivity index (χ3v) is 3.94. The zero-order chi connectivity index (χ0) is 16.4. The Morgan fingerprint density at radius 1 is 0.913 bits per heavy atom. The zero-order valence-corrected chi connectivity index (χ0v) is 13.2. The number of benzene rings is 2. The molecule has 0 saturated heterocycles. The summed E-state index contributed by atoms with van der Waals surface area (Å²) in [7, 11) is 0. The van der Waals surface area contributed by atoms with Crippen molar-refractivity contribution in [2.45, 2.75) is 32.8 Å². The van der Waals surface area contributed by atoms with E-state index >= 15 is 0 Å². The molecule has 23 heavy (non-hydrogen) atoms. The summed E-state index contributed by atoms with van der Waals surface area (Å²) in [6.07, 6.45) is 1.23. The third-order valence-electron chi connectivity index (χ3n) is 3.94. The lowest BCUT2D eigenvalue weighted by molar-refractivity contribution is -0.144. The van der Waals surface area contributed by atoms with Gasteiger partial charge in [0.2, 0.25) is 0 Å². The predicted molar refractivity (Wildman–Crippen MR) is 85.2 cm³/mol. The Labute approximate surface area is 135 Å². The molecule has 0 N–H and O–H groups in total. The Morgan fingerprint density at radius 2 is 1.61 bits per heavy atom. The summed E-state index contributed by atoms with van der Waals surface area (Å²) in [5.74, 6) is -0.149. The van der Waals surface area contributed by atoms with E-state index in [-0.39, 0.29) is 11.9 Å². The number of ether oxygens (including phenoxy) is 2. The average molecular weight is 310 g/mol. The van der Waals surface area contributed by atoms with Crippen LogP contribution in [0.4, 0.5) is 0 Å². The molecule has 2 aromatic rings. The molecule has 0 saturated carbocycles. The van der Waals surface area contributed by atoms with E-state index in [0.717, 1.165) is 29.5 Å². The summed E-state index contributed by atoms with van der Waals surface area (Å²) in [5, 5.41) is 0. The summed E-state index contributed by atoms with van der Waals surface area (Å²) >= 11 is 0. The standard InChI is InChI=1S/C19H18O4/c1-12(20)22-16-9-10-18-15(11-16)8-7-14-5-3-4-6-17(14)19(18)23-13(2)21/h3-6,9-11,19H,7-8H2,1-2H3. The van der Waals surface area contributed by atoms with Gasteiger partial charge in [0.15, 0.2) is 6.10 Å². The number of esters is 2. The van der Waals surface area contributed by atoms with Gasteiger partial charge in [-0.3, -0.25) is 9.59 Å². The molecule has 2 aromatic carbocycles. The maximum atomic E-state index is 11.6. The number of carbonyl (C=O) groups excluding carboxylic acids is 2. The molecule has 0 spiro atoms. The first kappa shape index (κ1) is 15.3. The second-order valence-electron chi connectivity index (χ2n) is 5.64. The van der Waals surface area contributed by atoms with Gasteiger partial charge in [-0.1, -0.05) is 30.3 Å². The van der Waals surface area contributed by atoms with E-state index in [1.54, 1.807) is 6.07 Å². The molecule has 1 atom stereocenters. The second kappa shape index (κ2) is 6.24. The number of carbonyl (C=O) groups is 2. The minimum atomic E-state index is -0.424. The molecule has 0 radical (unpaired) electrons. The van der Waals surface area contributed by atoms with Crippen LogP contribution in [0.1, 0.15) is 42.2 Å². The molecule has 0 heterocycles. The van der Waals surface area contributed by atoms with Crippen LogP contribution in [0, 0.1) is 0 Å². The Hall–Kier alpha value is -2.62. The van der Waals surface area contributed by atoms with Crippen molar-refractivity contribution in [1.29, 1.82) is 0 Å². The summed E-state index contributed by atoms with van der Waals surface area (Å²) < 4.78 is 10.8. The van der Waals surface area contributed by atoms with Crippen molar-refractivity contribution in [3.05, 3.63) is 64.7 Å². The summed E-state index contributed by atoms with van der Waals surface area (Å²) in [4.78, 5) is 22.7. The highest BCUT2D eigenvalue weighted by molar-refractivity contribution is 5.70. The van der Waals surface area contributed by atoms with Gasteiger partial charge in [-0.25, -0.2) is 0 Å². The van der Waals surface area contributed by atoms with Gasteiger partial charge in [-0.05, 0) is 36.1 Å². The Kier molecular flexibility index (Phi) is 4.15. The first-order chi connectivity index (χ1) is 11.0. The molecule has 0 aliphatic heterocycles. The smallest absolute Gasteiger partial charge is 0.308 e. The minimum absolute atomic E-state index is 0.318. The molecule has 4 heteroatoms. The highest BCUT2D eigenvalue weighted by atomic mass is 16.5. The highest BCUT2D eigenvalue weighted by Gasteiger charge is 2.26. The molecule has 0 bridgehead atoms. The van der Waals surface area contributed by atoms with Crippen LogP contribution in [0.5, 0.6) is 5.75 Å². The van der Waals surface area contributed by atoms with Crippen LogP contribution >= 0.6 is 0 Å². The molecule has 1 unspecified atom stereocenters. The zero-order valence-electron chi connectivity index (χ0n) is 13.2. The van der Waals surface area contributed by atoms with Crippen molar-refractivity contribution in [1.82, 2.24) is 0 Å². The fraction of sp³-hybridized carbons (Fsp3) is 0.263. The van der Waals surface area contributed by atoms with E-state index in [0.29, 0.717) is 5.75 Å². The fourth-order valence-corrected chi connectivity index (χ4v) is 3.03. The topological polar surface area (TPSA) is 52.6 Å². The van der Waals surface area contributed by atoms with E-state index in [2.05, 4.69) is 6.07 Å². The largest absolute Gasteiger partial charge is 0.453 e. The molecule has 0 amide bonds. The lowest BCUT2D eigenvalue weighted by atomic mass is 9.97. The van der Waals surface area contributed by atoms with Gasteiger partial charge >= 0.3 is 11.9 Å². The molecule has 0 fully saturated rings. The van der Waals surface area contributed by atoms with Gasteiger partial charge in [0, 0.05) is 25.0 Å². The van der Waals surface area contributed by atoms with Crippen molar-refractivity contribution >= 4 is 11.9 Å². The summed E-state index contributed by atoms with van der Waals surface area (Å²) in [5.41, 5.74) is 4.16. The van der Waals surface area contributed by atoms with Crippen LogP contribution in [0.15, 0.2) is 42.5 Å². The molecule has 3 rings (SSSR count). The van der Waals surface area contributed by atoms with Crippen molar-refractivity contribution in [2.75, 3.05) is 0 Å².